The summed E-state index contributed by atoms with van der Waals surface area (Å²) in [6.07, 6.45) is 2.52. The molecule has 1 aromatic heterocycles. The fourth-order valence-electron chi connectivity index (χ4n) is 1.29. The molecule has 0 aliphatic heterocycles. The van der Waals surface area contributed by atoms with Gasteiger partial charge in [-0.3, -0.25) is 4.68 Å². The van der Waals surface area contributed by atoms with E-state index in [1.165, 1.54) is 12.8 Å². The number of rotatable bonds is 1. The Morgan fingerprint density at radius 3 is 2.55 bits per heavy atom. The summed E-state index contributed by atoms with van der Waals surface area (Å²) in [5.41, 5.74) is 0.338. The lowest BCUT2D eigenvalue weighted by atomic mass is 10.1. The van der Waals surface area contributed by atoms with Gasteiger partial charge in [0.2, 0.25) is 3.83 Å². The Bertz CT molecular complexity index is 288. The lowest BCUT2D eigenvalue weighted by Crippen LogP contribution is -2.09. The van der Waals surface area contributed by atoms with Gasteiger partial charge in [-0.25, -0.2) is 4.98 Å². The van der Waals surface area contributed by atoms with Crippen LogP contribution in [0, 0.1) is 3.83 Å². The van der Waals surface area contributed by atoms with Gasteiger partial charge in [-0.2, -0.15) is 0 Å². The van der Waals surface area contributed by atoms with Crippen LogP contribution < -0.4 is 0 Å². The van der Waals surface area contributed by atoms with Crippen LogP contribution in [0.5, 0.6) is 0 Å². The highest BCUT2D eigenvalue weighted by atomic mass is 127. The second-order valence-electron chi connectivity index (χ2n) is 3.39. The van der Waals surface area contributed by atoms with Gasteiger partial charge in [0, 0.05) is 35.1 Å². The summed E-state index contributed by atoms with van der Waals surface area (Å²) in [7, 11) is 1.97. The molecule has 0 spiro atoms. The summed E-state index contributed by atoms with van der Waals surface area (Å²) in [4.78, 5) is 4.38. The van der Waals surface area contributed by atoms with Crippen molar-refractivity contribution in [2.45, 2.75) is 25.2 Å². The average Bonchev–Trinajstić information content (AvgIpc) is 2.55. The van der Waals surface area contributed by atoms with Crippen molar-refractivity contribution in [3.05, 3.63) is 9.66 Å². The normalized spacial score (nSPS) is 20.3. The molecule has 0 aromatic carbocycles. The van der Waals surface area contributed by atoms with Gasteiger partial charge in [-0.1, -0.05) is 6.92 Å². The van der Waals surface area contributed by atoms with E-state index in [0.29, 0.717) is 5.41 Å². The van der Waals surface area contributed by atoms with Crippen molar-refractivity contribution in [2.75, 3.05) is 0 Å². The summed E-state index contributed by atoms with van der Waals surface area (Å²) in [6.45, 7) is 2.24. The van der Waals surface area contributed by atoms with Crippen LogP contribution in [0.3, 0.4) is 0 Å². The second kappa shape index (κ2) is 2.18. The molecule has 1 aliphatic carbocycles. The van der Waals surface area contributed by atoms with E-state index in [4.69, 9.17) is 0 Å². The van der Waals surface area contributed by atoms with E-state index in [2.05, 4.69) is 39.6 Å². The molecule has 11 heavy (non-hydrogen) atoms. The van der Waals surface area contributed by atoms with Crippen molar-refractivity contribution in [3.63, 3.8) is 0 Å². The third-order valence-electron chi connectivity index (χ3n) is 2.28. The zero-order chi connectivity index (χ0) is 8.06. The number of aryl methyl sites for hydroxylation is 1. The monoisotopic (exact) mass is 263 g/mol. The summed E-state index contributed by atoms with van der Waals surface area (Å²) >= 11 is 2.15. The lowest BCUT2D eigenvalue weighted by molar-refractivity contribution is 0.618. The van der Waals surface area contributed by atoms with Gasteiger partial charge in [-0.05, 0) is 12.8 Å². The number of halogens is 1. The van der Waals surface area contributed by atoms with Crippen LogP contribution in [0.2, 0.25) is 0 Å². The molecular formula is C7H10IN3. The Kier molecular flexibility index (Phi) is 1.49. The predicted molar refractivity (Wildman–Crippen MR) is 50.3 cm³/mol. The van der Waals surface area contributed by atoms with Crippen molar-refractivity contribution >= 4 is 22.6 Å². The van der Waals surface area contributed by atoms with Gasteiger partial charge in [0.25, 0.3) is 0 Å². The van der Waals surface area contributed by atoms with E-state index >= 15 is 0 Å². The summed E-state index contributed by atoms with van der Waals surface area (Å²) in [6, 6.07) is 0. The molecule has 0 atom stereocenters. The Hall–Kier alpha value is -0.130. The number of hydrogen-bond donors (Lipinski definition) is 0. The van der Waals surface area contributed by atoms with E-state index in [1.807, 2.05) is 11.7 Å². The molecule has 1 aliphatic rings. The first-order chi connectivity index (χ1) is 5.12. The summed E-state index contributed by atoms with van der Waals surface area (Å²) < 4.78 is 2.75. The van der Waals surface area contributed by atoms with Gasteiger partial charge < -0.3 is 0 Å². The fourth-order valence-corrected chi connectivity index (χ4v) is 1.84. The van der Waals surface area contributed by atoms with Crippen LogP contribution in [0.1, 0.15) is 25.6 Å². The third kappa shape index (κ3) is 1.17. The minimum Gasteiger partial charge on any atom is -0.251 e. The molecule has 0 N–H and O–H groups in total. The molecular weight excluding hydrogens is 253 g/mol. The standard InChI is InChI=1S/C7H10IN3/c1-7(3-4-7)5-9-6(8)10-11(5)2/h3-4H2,1-2H3. The van der Waals surface area contributed by atoms with Gasteiger partial charge in [0.15, 0.2) is 0 Å². The maximum absolute atomic E-state index is 4.38. The smallest absolute Gasteiger partial charge is 0.211 e. The van der Waals surface area contributed by atoms with Crippen LogP contribution in [0.4, 0.5) is 0 Å². The van der Waals surface area contributed by atoms with Crippen LogP contribution >= 0.6 is 22.6 Å². The summed E-state index contributed by atoms with van der Waals surface area (Å²) in [5, 5.41) is 4.21. The molecule has 0 bridgehead atoms. The van der Waals surface area contributed by atoms with Gasteiger partial charge in [0.1, 0.15) is 5.82 Å². The first-order valence-corrected chi connectivity index (χ1v) is 4.77. The predicted octanol–water partition coefficient (Wildman–Crippen LogP) is 1.47. The first kappa shape index (κ1) is 7.52. The maximum atomic E-state index is 4.38. The van der Waals surface area contributed by atoms with Crippen molar-refractivity contribution < 1.29 is 0 Å². The Labute approximate surface area is 79.3 Å². The van der Waals surface area contributed by atoms with Crippen LogP contribution in [-0.4, -0.2) is 14.8 Å². The van der Waals surface area contributed by atoms with Gasteiger partial charge in [0.05, 0.1) is 0 Å². The van der Waals surface area contributed by atoms with Crippen molar-refractivity contribution in [2.24, 2.45) is 7.05 Å². The Morgan fingerprint density at radius 1 is 1.55 bits per heavy atom. The number of nitrogens with zero attached hydrogens (tertiary/aromatic N) is 3. The average molecular weight is 263 g/mol. The van der Waals surface area contributed by atoms with Gasteiger partial charge in [-0.15, -0.1) is 5.10 Å². The zero-order valence-corrected chi connectivity index (χ0v) is 8.79. The molecule has 60 valence electrons. The molecule has 3 nitrogen and oxygen atoms in total. The Balaban J connectivity index is 2.44. The van der Waals surface area contributed by atoms with Gasteiger partial charge >= 0.3 is 0 Å². The molecule has 1 saturated carbocycles. The topological polar surface area (TPSA) is 30.7 Å². The third-order valence-corrected chi connectivity index (χ3v) is 2.73. The quantitative estimate of drug-likeness (QED) is 0.718. The summed E-state index contributed by atoms with van der Waals surface area (Å²) in [5.74, 6) is 1.14. The molecule has 1 aromatic rings. The lowest BCUT2D eigenvalue weighted by Gasteiger charge is -2.04. The van der Waals surface area contributed by atoms with Crippen molar-refractivity contribution in [3.8, 4) is 0 Å². The highest BCUT2D eigenvalue weighted by Crippen LogP contribution is 2.46. The van der Waals surface area contributed by atoms with Crippen LogP contribution in [0.25, 0.3) is 0 Å². The van der Waals surface area contributed by atoms with E-state index < -0.39 is 0 Å². The SMILES string of the molecule is Cn1nc(I)nc1C1(C)CC1. The number of hydrogen-bond acceptors (Lipinski definition) is 2. The fraction of sp³-hybridized carbons (Fsp3) is 0.714. The molecule has 0 amide bonds. The molecule has 0 saturated heterocycles. The van der Waals surface area contributed by atoms with E-state index in [9.17, 15) is 0 Å². The van der Waals surface area contributed by atoms with Crippen LogP contribution in [-0.2, 0) is 12.5 Å². The minimum absolute atomic E-state index is 0.338. The molecule has 0 unspecified atom stereocenters. The van der Waals surface area contributed by atoms with Crippen molar-refractivity contribution in [1.29, 1.82) is 0 Å². The molecule has 1 fully saturated rings. The van der Waals surface area contributed by atoms with E-state index in [0.717, 1.165) is 9.66 Å². The molecule has 1 heterocycles. The molecule has 0 radical (unpaired) electrons. The Morgan fingerprint density at radius 2 is 2.18 bits per heavy atom. The molecule has 2 rings (SSSR count). The minimum atomic E-state index is 0.338. The highest BCUT2D eigenvalue weighted by molar-refractivity contribution is 14.1. The highest BCUT2D eigenvalue weighted by Gasteiger charge is 2.43. The first-order valence-electron chi connectivity index (χ1n) is 3.69. The van der Waals surface area contributed by atoms with Crippen LogP contribution in [0.15, 0.2) is 0 Å². The molecule has 4 heteroatoms. The largest absolute Gasteiger partial charge is 0.251 e. The van der Waals surface area contributed by atoms with E-state index in [1.54, 1.807) is 0 Å². The zero-order valence-electron chi connectivity index (χ0n) is 6.63. The second-order valence-corrected chi connectivity index (χ2v) is 4.35. The number of aromatic nitrogens is 3. The maximum Gasteiger partial charge on any atom is 0.211 e. The van der Waals surface area contributed by atoms with Crippen molar-refractivity contribution in [1.82, 2.24) is 14.8 Å². The van der Waals surface area contributed by atoms with E-state index in [-0.39, 0.29) is 0 Å².